The van der Waals surface area contributed by atoms with E-state index in [4.69, 9.17) is 14.2 Å². The molecule has 0 saturated carbocycles. The van der Waals surface area contributed by atoms with Crippen molar-refractivity contribution < 1.29 is 33.0 Å². The van der Waals surface area contributed by atoms with E-state index in [1.54, 1.807) is 20.8 Å². The number of carbonyl (C=O) groups excluding carboxylic acids is 3. The molecule has 0 unspecified atom stereocenters. The van der Waals surface area contributed by atoms with Crippen molar-refractivity contribution in [2.75, 3.05) is 24.4 Å². The van der Waals surface area contributed by atoms with Crippen LogP contribution >= 0.6 is 0 Å². The third kappa shape index (κ3) is 5.47. The second-order valence-corrected chi connectivity index (χ2v) is 7.11. The van der Waals surface area contributed by atoms with Crippen LogP contribution in [0.2, 0.25) is 0 Å². The second-order valence-electron chi connectivity index (χ2n) is 7.11. The molecule has 8 nitrogen and oxygen atoms in total. The first-order valence-electron chi connectivity index (χ1n) is 8.92. The largest absolute Gasteiger partial charge is 0.465 e. The summed E-state index contributed by atoms with van der Waals surface area (Å²) in [5.74, 6) is -2.39. The monoisotopic (exact) mass is 418 g/mol. The van der Waals surface area contributed by atoms with E-state index in [2.05, 4.69) is 5.32 Å². The fourth-order valence-electron chi connectivity index (χ4n) is 2.55. The van der Waals surface area contributed by atoms with Gasteiger partial charge in [-0.1, -0.05) is 6.08 Å². The predicted molar refractivity (Wildman–Crippen MR) is 108 cm³/mol. The summed E-state index contributed by atoms with van der Waals surface area (Å²) in [6.45, 7) is 5.12. The molecule has 1 N–H and O–H groups in total. The molecule has 2 rings (SSSR count). The maximum atomic E-state index is 14.7. The van der Waals surface area contributed by atoms with Crippen LogP contribution in [0.3, 0.4) is 0 Å². The molecular formula is C21H23FN2O6. The minimum absolute atomic E-state index is 0.106. The lowest BCUT2D eigenvalue weighted by Gasteiger charge is -2.24. The molecule has 0 saturated heterocycles. The molecule has 1 aliphatic heterocycles. The molecule has 9 heteroatoms. The van der Waals surface area contributed by atoms with Gasteiger partial charge in [0.15, 0.2) is 0 Å². The maximum Gasteiger partial charge on any atom is 0.412 e. The van der Waals surface area contributed by atoms with Gasteiger partial charge in [-0.15, -0.1) is 0 Å². The third-order valence-corrected chi connectivity index (χ3v) is 3.74. The average Bonchev–Trinajstić information content (AvgIpc) is 2.89. The molecule has 0 aromatic heterocycles. The highest BCUT2D eigenvalue weighted by atomic mass is 19.1. The topological polar surface area (TPSA) is 94.2 Å². The number of allylic oxidation sites excluding steroid dienone is 2. The first kappa shape index (κ1) is 22.7. The van der Waals surface area contributed by atoms with Crippen molar-refractivity contribution in [3.63, 3.8) is 0 Å². The summed E-state index contributed by atoms with van der Waals surface area (Å²) < 4.78 is 29.4. The summed E-state index contributed by atoms with van der Waals surface area (Å²) in [5, 5.41) is 2.51. The fraction of sp³-hybridized carbons (Fsp3) is 0.286. The normalized spacial score (nSPS) is 13.6. The van der Waals surface area contributed by atoms with Crippen LogP contribution < -0.4 is 10.2 Å². The zero-order valence-corrected chi connectivity index (χ0v) is 17.3. The first-order valence-corrected chi connectivity index (χ1v) is 8.92. The number of amides is 1. The van der Waals surface area contributed by atoms with Gasteiger partial charge < -0.3 is 19.1 Å². The van der Waals surface area contributed by atoms with Gasteiger partial charge in [-0.25, -0.2) is 18.8 Å². The van der Waals surface area contributed by atoms with Crippen LogP contribution in [0, 0.1) is 5.82 Å². The van der Waals surface area contributed by atoms with E-state index in [1.165, 1.54) is 36.6 Å². The third-order valence-electron chi connectivity index (χ3n) is 3.74. The minimum Gasteiger partial charge on any atom is -0.465 e. The molecule has 30 heavy (non-hydrogen) atoms. The molecule has 0 aliphatic carbocycles. The summed E-state index contributed by atoms with van der Waals surface area (Å²) in [4.78, 5) is 37.8. The number of nitrogens with zero attached hydrogens (tertiary/aromatic N) is 1. The Labute approximate surface area is 173 Å². The lowest BCUT2D eigenvalue weighted by atomic mass is 10.1. The zero-order valence-electron chi connectivity index (χ0n) is 17.3. The SMILES string of the molecule is COC(=O)C1=C(C(=O)OC)N(c2cc(NC(=O)OC(C)(C)C)ccc2F)C=CC=C1. The molecule has 1 aromatic rings. The summed E-state index contributed by atoms with van der Waals surface area (Å²) in [6.07, 6.45) is 5.01. The molecule has 0 fully saturated rings. The van der Waals surface area contributed by atoms with Crippen molar-refractivity contribution in [1.82, 2.24) is 0 Å². The Morgan fingerprint density at radius 1 is 1.03 bits per heavy atom. The van der Waals surface area contributed by atoms with E-state index in [1.807, 2.05) is 0 Å². The molecule has 1 heterocycles. The van der Waals surface area contributed by atoms with Gasteiger partial charge in [0.1, 0.15) is 17.1 Å². The van der Waals surface area contributed by atoms with Gasteiger partial charge in [-0.2, -0.15) is 0 Å². The number of hydrogen-bond donors (Lipinski definition) is 1. The van der Waals surface area contributed by atoms with Crippen LogP contribution in [-0.2, 0) is 23.8 Å². The number of methoxy groups -OCH3 is 2. The van der Waals surface area contributed by atoms with Crippen molar-refractivity contribution in [3.05, 3.63) is 59.7 Å². The van der Waals surface area contributed by atoms with Gasteiger partial charge in [-0.05, 0) is 51.1 Å². The van der Waals surface area contributed by atoms with Gasteiger partial charge in [0.05, 0.1) is 25.5 Å². The van der Waals surface area contributed by atoms with Crippen molar-refractivity contribution in [2.24, 2.45) is 0 Å². The molecule has 0 bridgehead atoms. The molecule has 1 aromatic carbocycles. The molecule has 160 valence electrons. The smallest absolute Gasteiger partial charge is 0.412 e. The van der Waals surface area contributed by atoms with E-state index in [0.717, 1.165) is 25.2 Å². The first-order chi connectivity index (χ1) is 14.1. The van der Waals surface area contributed by atoms with Crippen LogP contribution in [0.5, 0.6) is 0 Å². The van der Waals surface area contributed by atoms with E-state index in [0.29, 0.717) is 0 Å². The Hall–Kier alpha value is -3.62. The Morgan fingerprint density at radius 3 is 2.30 bits per heavy atom. The number of halogens is 1. The number of nitrogens with one attached hydrogen (secondary N) is 1. The van der Waals surface area contributed by atoms with Crippen LogP contribution in [0.1, 0.15) is 20.8 Å². The lowest BCUT2D eigenvalue weighted by molar-refractivity contribution is -0.139. The van der Waals surface area contributed by atoms with Crippen molar-refractivity contribution >= 4 is 29.4 Å². The predicted octanol–water partition coefficient (Wildman–Crippen LogP) is 3.66. The summed E-state index contributed by atoms with van der Waals surface area (Å²) >= 11 is 0. The Balaban J connectivity index is 2.53. The van der Waals surface area contributed by atoms with Crippen molar-refractivity contribution in [3.8, 4) is 0 Å². The Bertz CT molecular complexity index is 943. The van der Waals surface area contributed by atoms with Crippen LogP contribution in [0.4, 0.5) is 20.6 Å². The molecule has 0 spiro atoms. The fourth-order valence-corrected chi connectivity index (χ4v) is 2.55. The second kappa shape index (κ2) is 9.25. The average molecular weight is 418 g/mol. The van der Waals surface area contributed by atoms with E-state index < -0.39 is 29.5 Å². The Kier molecular flexibility index (Phi) is 6.99. The van der Waals surface area contributed by atoms with Crippen LogP contribution in [0.25, 0.3) is 0 Å². The number of anilines is 2. The van der Waals surface area contributed by atoms with Gasteiger partial charge in [0.25, 0.3) is 0 Å². The molecule has 1 amide bonds. The van der Waals surface area contributed by atoms with Crippen LogP contribution in [-0.4, -0.2) is 37.9 Å². The molecule has 1 aliphatic rings. The highest BCUT2D eigenvalue weighted by molar-refractivity contribution is 6.05. The van der Waals surface area contributed by atoms with Gasteiger partial charge in [-0.3, -0.25) is 5.32 Å². The van der Waals surface area contributed by atoms with Crippen LogP contribution in [0.15, 0.2) is 53.9 Å². The lowest BCUT2D eigenvalue weighted by Crippen LogP contribution is -2.28. The molecule has 0 atom stereocenters. The van der Waals surface area contributed by atoms with Gasteiger partial charge in [0, 0.05) is 11.9 Å². The summed E-state index contributed by atoms with van der Waals surface area (Å²) in [7, 11) is 2.30. The highest BCUT2D eigenvalue weighted by Gasteiger charge is 2.29. The van der Waals surface area contributed by atoms with Gasteiger partial charge >= 0.3 is 18.0 Å². The zero-order chi connectivity index (χ0) is 22.5. The van der Waals surface area contributed by atoms with E-state index in [-0.39, 0.29) is 22.6 Å². The number of rotatable bonds is 4. The van der Waals surface area contributed by atoms with Gasteiger partial charge in [0.2, 0.25) is 0 Å². The van der Waals surface area contributed by atoms with E-state index in [9.17, 15) is 18.8 Å². The summed E-state index contributed by atoms with van der Waals surface area (Å²) in [6, 6.07) is 3.75. The maximum absolute atomic E-state index is 14.7. The van der Waals surface area contributed by atoms with Crippen molar-refractivity contribution in [1.29, 1.82) is 0 Å². The summed E-state index contributed by atoms with van der Waals surface area (Å²) in [5.41, 5.74) is -0.982. The van der Waals surface area contributed by atoms with E-state index >= 15 is 0 Å². The number of carbonyl (C=O) groups is 3. The number of esters is 2. The number of hydrogen-bond acceptors (Lipinski definition) is 7. The Morgan fingerprint density at radius 2 is 1.70 bits per heavy atom. The molecule has 0 radical (unpaired) electrons. The number of benzene rings is 1. The quantitative estimate of drug-likeness (QED) is 0.589. The van der Waals surface area contributed by atoms with Crippen molar-refractivity contribution in [2.45, 2.75) is 26.4 Å². The highest BCUT2D eigenvalue weighted by Crippen LogP contribution is 2.31. The number of ether oxygens (including phenoxy) is 3. The minimum atomic E-state index is -0.878. The standard InChI is InChI=1S/C21H23FN2O6/c1-21(2,3)30-20(27)23-13-9-10-15(22)16(12-13)24-11-7-6-8-14(18(25)28-4)17(24)19(26)29-5/h6-12H,1-5H3,(H,23,27). The molecular weight excluding hydrogens is 395 g/mol.